The van der Waals surface area contributed by atoms with Crippen molar-refractivity contribution in [2.24, 2.45) is 5.41 Å². The molecule has 2 aliphatic heterocycles. The van der Waals surface area contributed by atoms with Gasteiger partial charge >= 0.3 is 6.03 Å². The first kappa shape index (κ1) is 19.7. The minimum Gasteiger partial charge on any atom is -0.370 e. The second-order valence-electron chi connectivity index (χ2n) is 8.75. The van der Waals surface area contributed by atoms with E-state index >= 15 is 0 Å². The Morgan fingerprint density at radius 1 is 1.13 bits per heavy atom. The van der Waals surface area contributed by atoms with E-state index in [0.29, 0.717) is 30.6 Å². The first-order valence-corrected chi connectivity index (χ1v) is 10.5. The summed E-state index contributed by atoms with van der Waals surface area (Å²) in [5.74, 6) is -0.331. The van der Waals surface area contributed by atoms with Crippen molar-refractivity contribution in [2.75, 3.05) is 26.2 Å². The van der Waals surface area contributed by atoms with E-state index < -0.39 is 0 Å². The number of ether oxygens (including phenoxy) is 1. The molecule has 5 nitrogen and oxygen atoms in total. The van der Waals surface area contributed by atoms with Crippen molar-refractivity contribution in [3.8, 4) is 0 Å². The Bertz CT molecular complexity index is 969. The van der Waals surface area contributed by atoms with Gasteiger partial charge in [-0.05, 0) is 48.1 Å². The molecule has 158 valence electrons. The molecule has 2 saturated heterocycles. The van der Waals surface area contributed by atoms with Gasteiger partial charge in [-0.25, -0.2) is 13.6 Å². The van der Waals surface area contributed by atoms with Gasteiger partial charge in [0.2, 0.25) is 0 Å². The van der Waals surface area contributed by atoms with Crippen molar-refractivity contribution in [2.45, 2.75) is 31.5 Å². The number of benzene rings is 1. The quantitative estimate of drug-likeness (QED) is 0.725. The van der Waals surface area contributed by atoms with E-state index in [9.17, 15) is 13.6 Å². The van der Waals surface area contributed by atoms with Crippen LogP contribution < -0.4 is 0 Å². The Morgan fingerprint density at radius 2 is 1.90 bits per heavy atom. The minimum atomic E-state index is -0.373. The molecule has 30 heavy (non-hydrogen) atoms. The van der Waals surface area contributed by atoms with Crippen molar-refractivity contribution >= 4 is 17.6 Å². The van der Waals surface area contributed by atoms with Crippen LogP contribution >= 0.6 is 11.6 Å². The molecule has 8 heteroatoms. The van der Waals surface area contributed by atoms with E-state index in [0.717, 1.165) is 37.1 Å². The Hall–Kier alpha value is -2.25. The van der Waals surface area contributed by atoms with Gasteiger partial charge in [0.25, 0.3) is 0 Å². The zero-order valence-electron chi connectivity index (χ0n) is 16.4. The molecule has 2 aromatic rings. The van der Waals surface area contributed by atoms with Crippen molar-refractivity contribution in [1.82, 2.24) is 14.8 Å². The van der Waals surface area contributed by atoms with E-state index in [-0.39, 0.29) is 29.2 Å². The average molecular weight is 434 g/mol. The summed E-state index contributed by atoms with van der Waals surface area (Å²) in [6.45, 7) is 2.93. The van der Waals surface area contributed by atoms with Gasteiger partial charge in [-0.2, -0.15) is 0 Å². The molecule has 1 spiro atoms. The van der Waals surface area contributed by atoms with Crippen molar-refractivity contribution in [1.29, 1.82) is 0 Å². The lowest BCUT2D eigenvalue weighted by Crippen LogP contribution is -2.68. The van der Waals surface area contributed by atoms with Crippen molar-refractivity contribution < 1.29 is 18.3 Å². The predicted molar refractivity (Wildman–Crippen MR) is 107 cm³/mol. The van der Waals surface area contributed by atoms with Crippen LogP contribution in [0.2, 0.25) is 5.02 Å². The van der Waals surface area contributed by atoms with Crippen LogP contribution in [-0.2, 0) is 11.3 Å². The zero-order valence-corrected chi connectivity index (χ0v) is 17.1. The largest absolute Gasteiger partial charge is 0.370 e. The van der Waals surface area contributed by atoms with Gasteiger partial charge in [0.1, 0.15) is 11.6 Å². The molecule has 1 aromatic carbocycles. The van der Waals surface area contributed by atoms with Gasteiger partial charge < -0.3 is 14.5 Å². The SMILES string of the molecule is O=C(N1CC(OCc2ccc(F)cc2Cl)C1)N1CC2(CC(c3cncc(F)c3)C2)C1. The third-order valence-corrected chi connectivity index (χ3v) is 6.84. The lowest BCUT2D eigenvalue weighted by molar-refractivity contribution is -0.0820. The third kappa shape index (κ3) is 3.65. The Balaban J connectivity index is 1.04. The molecule has 1 saturated carbocycles. The average Bonchev–Trinajstić information content (AvgIpc) is 2.59. The van der Waals surface area contributed by atoms with Gasteiger partial charge in [0.15, 0.2) is 0 Å². The predicted octanol–water partition coefficient (Wildman–Crippen LogP) is 4.21. The molecule has 3 aliphatic rings. The Morgan fingerprint density at radius 3 is 2.60 bits per heavy atom. The number of rotatable bonds is 4. The van der Waals surface area contributed by atoms with E-state index in [1.54, 1.807) is 23.2 Å². The molecule has 0 unspecified atom stereocenters. The number of carbonyl (C=O) groups excluding carboxylic acids is 1. The second kappa shape index (κ2) is 7.46. The number of aromatic nitrogens is 1. The molecule has 1 aliphatic carbocycles. The molecule has 1 aromatic heterocycles. The number of amides is 2. The molecule has 2 amide bonds. The van der Waals surface area contributed by atoms with Crippen molar-refractivity contribution in [3.05, 3.63) is 64.4 Å². The fourth-order valence-electron chi connectivity index (χ4n) is 4.78. The van der Waals surface area contributed by atoms with E-state index in [2.05, 4.69) is 4.98 Å². The molecule has 0 bridgehead atoms. The monoisotopic (exact) mass is 433 g/mol. The number of carbonyl (C=O) groups is 1. The molecule has 0 radical (unpaired) electrons. The lowest BCUT2D eigenvalue weighted by atomic mass is 9.56. The van der Waals surface area contributed by atoms with Gasteiger partial charge in [0, 0.05) is 29.7 Å². The first-order valence-electron chi connectivity index (χ1n) is 10.1. The van der Waals surface area contributed by atoms with Crippen LogP contribution in [0.25, 0.3) is 0 Å². The molecule has 5 rings (SSSR count). The number of pyridine rings is 1. The van der Waals surface area contributed by atoms with Crippen LogP contribution in [0.15, 0.2) is 36.7 Å². The normalized spacial score (nSPS) is 20.6. The smallest absolute Gasteiger partial charge is 0.320 e. The third-order valence-electron chi connectivity index (χ3n) is 6.49. The highest BCUT2D eigenvalue weighted by molar-refractivity contribution is 6.31. The topological polar surface area (TPSA) is 45.7 Å². The summed E-state index contributed by atoms with van der Waals surface area (Å²) < 4.78 is 32.2. The molecular formula is C22H22ClF2N3O2. The fourth-order valence-corrected chi connectivity index (χ4v) is 5.00. The number of urea groups is 1. The van der Waals surface area contributed by atoms with Crippen LogP contribution in [-0.4, -0.2) is 53.1 Å². The number of likely N-dealkylation sites (tertiary alicyclic amines) is 2. The van der Waals surface area contributed by atoms with Crippen LogP contribution in [0.3, 0.4) is 0 Å². The Labute approximate surface area is 178 Å². The van der Waals surface area contributed by atoms with E-state index in [1.165, 1.54) is 18.3 Å². The first-order chi connectivity index (χ1) is 14.4. The molecular weight excluding hydrogens is 412 g/mol. The lowest BCUT2D eigenvalue weighted by Gasteiger charge is -2.60. The molecule has 0 atom stereocenters. The zero-order chi connectivity index (χ0) is 20.9. The van der Waals surface area contributed by atoms with Crippen LogP contribution in [0, 0.1) is 17.0 Å². The summed E-state index contributed by atoms with van der Waals surface area (Å²) in [6, 6.07) is 5.86. The summed E-state index contributed by atoms with van der Waals surface area (Å²) in [5.41, 5.74) is 1.88. The van der Waals surface area contributed by atoms with E-state index in [1.807, 2.05) is 4.90 Å². The molecule has 0 N–H and O–H groups in total. The molecule has 3 fully saturated rings. The van der Waals surface area contributed by atoms with Gasteiger partial charge in [0.05, 0.1) is 32.0 Å². The highest BCUT2D eigenvalue weighted by Crippen LogP contribution is 2.56. The highest BCUT2D eigenvalue weighted by atomic mass is 35.5. The number of nitrogens with zero attached hydrogens (tertiary/aromatic N) is 3. The van der Waals surface area contributed by atoms with Crippen LogP contribution in [0.1, 0.15) is 29.9 Å². The standard InChI is InChI=1S/C22H22ClF2N3O2/c23-20-4-17(24)2-1-14(20)11-30-19-9-27(10-19)21(29)28-12-22(13-28)5-16(6-22)15-3-18(25)8-26-7-15/h1-4,7-8,16,19H,5-6,9-13H2. The van der Waals surface area contributed by atoms with Crippen LogP contribution in [0.4, 0.5) is 13.6 Å². The maximum atomic E-state index is 13.3. The van der Waals surface area contributed by atoms with Crippen molar-refractivity contribution in [3.63, 3.8) is 0 Å². The number of hydrogen-bond donors (Lipinski definition) is 0. The van der Waals surface area contributed by atoms with Gasteiger partial charge in [-0.3, -0.25) is 4.98 Å². The summed E-state index contributed by atoms with van der Waals surface area (Å²) in [7, 11) is 0. The number of halogens is 3. The maximum Gasteiger partial charge on any atom is 0.320 e. The summed E-state index contributed by atoms with van der Waals surface area (Å²) in [4.78, 5) is 20.2. The van der Waals surface area contributed by atoms with Crippen LogP contribution in [0.5, 0.6) is 0 Å². The number of hydrogen-bond acceptors (Lipinski definition) is 3. The molecule has 3 heterocycles. The highest BCUT2D eigenvalue weighted by Gasteiger charge is 2.55. The summed E-state index contributed by atoms with van der Waals surface area (Å²) >= 11 is 6.01. The van der Waals surface area contributed by atoms with Gasteiger partial charge in [-0.15, -0.1) is 0 Å². The fraction of sp³-hybridized carbons (Fsp3) is 0.455. The summed E-state index contributed by atoms with van der Waals surface area (Å²) in [5, 5.41) is 0.348. The van der Waals surface area contributed by atoms with Gasteiger partial charge in [-0.1, -0.05) is 17.7 Å². The summed E-state index contributed by atoms with van der Waals surface area (Å²) in [6.07, 6.45) is 4.89. The van der Waals surface area contributed by atoms with E-state index in [4.69, 9.17) is 16.3 Å². The second-order valence-corrected chi connectivity index (χ2v) is 9.16. The minimum absolute atomic E-state index is 0.0288. The maximum absolute atomic E-state index is 13.3. The Kier molecular flexibility index (Phi) is 4.90.